The molecule has 0 saturated heterocycles. The molecule has 3 N–H and O–H groups in total. The number of nitrogens with two attached hydrogens (primary N) is 1. The van der Waals surface area contributed by atoms with Crippen molar-refractivity contribution in [3.63, 3.8) is 0 Å². The van der Waals surface area contributed by atoms with E-state index in [2.05, 4.69) is 19.2 Å². The Morgan fingerprint density at radius 2 is 1.83 bits per heavy atom. The van der Waals surface area contributed by atoms with Gasteiger partial charge in [-0.2, -0.15) is 0 Å². The average Bonchev–Trinajstić information content (AvgIpc) is 2.53. The normalized spacial score (nSPS) is 10.4. The van der Waals surface area contributed by atoms with Crippen LogP contribution in [0.15, 0.2) is 48.5 Å². The molecule has 0 saturated carbocycles. The predicted molar refractivity (Wildman–Crippen MR) is 97.0 cm³/mol. The number of benzene rings is 2. The first-order valence-corrected chi connectivity index (χ1v) is 7.79. The first-order chi connectivity index (χ1) is 11.0. The Hall–Kier alpha value is -2.40. The molecule has 0 spiro atoms. The van der Waals surface area contributed by atoms with E-state index < -0.39 is 0 Å². The van der Waals surface area contributed by atoms with Crippen LogP contribution in [0.2, 0.25) is 0 Å². The molecule has 0 aliphatic rings. The number of nitrogens with one attached hydrogen (secondary N) is 1. The van der Waals surface area contributed by atoms with Gasteiger partial charge in [-0.3, -0.25) is 4.79 Å². The van der Waals surface area contributed by atoms with E-state index in [1.165, 1.54) is 5.56 Å². The fourth-order valence-electron chi connectivity index (χ4n) is 2.09. The molecule has 0 atom stereocenters. The maximum atomic E-state index is 12.0. The Kier molecular flexibility index (Phi) is 5.71. The lowest BCUT2D eigenvalue weighted by Crippen LogP contribution is -2.22. The first kappa shape index (κ1) is 17.0. The van der Waals surface area contributed by atoms with Gasteiger partial charge in [0.2, 0.25) is 0 Å². The number of anilines is 1. The molecule has 1 amide bonds. The second-order valence-electron chi connectivity index (χ2n) is 5.47. The molecule has 2 aromatic rings. The molecule has 4 nitrogen and oxygen atoms in total. The van der Waals surface area contributed by atoms with Crippen molar-refractivity contribution in [3.8, 4) is 5.75 Å². The van der Waals surface area contributed by atoms with Crippen LogP contribution in [0.25, 0.3) is 0 Å². The molecule has 0 fully saturated rings. The third-order valence-electron chi connectivity index (χ3n) is 3.38. The summed E-state index contributed by atoms with van der Waals surface area (Å²) in [6.07, 6.45) is 0. The van der Waals surface area contributed by atoms with E-state index in [1.807, 2.05) is 36.4 Å². The highest BCUT2D eigenvalue weighted by molar-refractivity contribution is 7.80. The second-order valence-corrected chi connectivity index (χ2v) is 5.91. The maximum Gasteiger partial charge on any atom is 0.262 e. The number of hydrogen-bond donors (Lipinski definition) is 2. The number of para-hydroxylation sites is 1. The van der Waals surface area contributed by atoms with Gasteiger partial charge < -0.3 is 15.8 Å². The van der Waals surface area contributed by atoms with E-state index >= 15 is 0 Å². The molecule has 0 heterocycles. The summed E-state index contributed by atoms with van der Waals surface area (Å²) in [6.45, 7) is 4.18. The minimum absolute atomic E-state index is 0.0767. The van der Waals surface area contributed by atoms with Gasteiger partial charge >= 0.3 is 0 Å². The van der Waals surface area contributed by atoms with Crippen molar-refractivity contribution in [1.29, 1.82) is 0 Å². The van der Waals surface area contributed by atoms with Gasteiger partial charge in [0.05, 0.1) is 5.69 Å². The van der Waals surface area contributed by atoms with Crippen molar-refractivity contribution in [1.82, 2.24) is 0 Å². The minimum atomic E-state index is -0.262. The van der Waals surface area contributed by atoms with Crippen LogP contribution in [0.1, 0.15) is 30.9 Å². The van der Waals surface area contributed by atoms with E-state index in [0.29, 0.717) is 22.9 Å². The number of carbonyl (C=O) groups excluding carboxylic acids is 1. The Bertz CT molecular complexity index is 696. The lowest BCUT2D eigenvalue weighted by Gasteiger charge is -2.11. The third-order valence-corrected chi connectivity index (χ3v) is 3.60. The smallest absolute Gasteiger partial charge is 0.262 e. The summed E-state index contributed by atoms with van der Waals surface area (Å²) in [4.78, 5) is 12.3. The summed E-state index contributed by atoms with van der Waals surface area (Å²) < 4.78 is 5.50. The summed E-state index contributed by atoms with van der Waals surface area (Å²) in [6, 6.07) is 14.9. The molecule has 2 aromatic carbocycles. The van der Waals surface area contributed by atoms with Gasteiger partial charge in [0.1, 0.15) is 10.7 Å². The fourth-order valence-corrected chi connectivity index (χ4v) is 2.27. The highest BCUT2D eigenvalue weighted by Gasteiger charge is 2.09. The number of hydrogen-bond acceptors (Lipinski definition) is 3. The van der Waals surface area contributed by atoms with Gasteiger partial charge in [-0.15, -0.1) is 0 Å². The van der Waals surface area contributed by atoms with Crippen LogP contribution in [0.5, 0.6) is 5.75 Å². The lowest BCUT2D eigenvalue weighted by molar-refractivity contribution is -0.118. The van der Waals surface area contributed by atoms with Gasteiger partial charge in [0.15, 0.2) is 6.61 Å². The molecule has 0 radical (unpaired) electrons. The van der Waals surface area contributed by atoms with E-state index in [-0.39, 0.29) is 17.5 Å². The highest BCUT2D eigenvalue weighted by Crippen LogP contribution is 2.19. The number of carbonyl (C=O) groups is 1. The quantitative estimate of drug-likeness (QED) is 0.797. The van der Waals surface area contributed by atoms with Crippen LogP contribution in [0, 0.1) is 0 Å². The van der Waals surface area contributed by atoms with Crippen molar-refractivity contribution in [2.45, 2.75) is 19.8 Å². The zero-order valence-electron chi connectivity index (χ0n) is 13.2. The van der Waals surface area contributed by atoms with Gasteiger partial charge in [-0.05, 0) is 35.7 Å². The second kappa shape index (κ2) is 7.74. The van der Waals surface area contributed by atoms with Gasteiger partial charge in [0, 0.05) is 5.56 Å². The standard InChI is InChI=1S/C18H20N2O2S/c1-12(2)13-7-9-14(10-8-13)22-11-17(21)20-16-6-4-3-5-15(16)18(19)23/h3-10,12H,11H2,1-2H3,(H2,19,23)(H,20,21). The summed E-state index contributed by atoms with van der Waals surface area (Å²) in [5, 5.41) is 2.76. The fraction of sp³-hybridized carbons (Fsp3) is 0.222. The van der Waals surface area contributed by atoms with Crippen LogP contribution < -0.4 is 15.8 Å². The van der Waals surface area contributed by atoms with Crippen molar-refractivity contribution in [2.24, 2.45) is 5.73 Å². The van der Waals surface area contributed by atoms with Gasteiger partial charge in [0.25, 0.3) is 5.91 Å². The number of thiocarbonyl (C=S) groups is 1. The molecule has 5 heteroatoms. The van der Waals surface area contributed by atoms with Crippen LogP contribution in [-0.2, 0) is 4.79 Å². The van der Waals surface area contributed by atoms with E-state index in [4.69, 9.17) is 22.7 Å². The lowest BCUT2D eigenvalue weighted by atomic mass is 10.0. The Labute approximate surface area is 141 Å². The van der Waals surface area contributed by atoms with Crippen molar-refractivity contribution >= 4 is 28.8 Å². The Balaban J connectivity index is 1.94. The first-order valence-electron chi connectivity index (χ1n) is 7.39. The summed E-state index contributed by atoms with van der Waals surface area (Å²) in [5.41, 5.74) is 8.09. The molecule has 0 aromatic heterocycles. The molecule has 0 bridgehead atoms. The van der Waals surface area contributed by atoms with Gasteiger partial charge in [-0.1, -0.05) is 50.3 Å². The molecule has 120 valence electrons. The maximum absolute atomic E-state index is 12.0. The van der Waals surface area contributed by atoms with Crippen molar-refractivity contribution in [3.05, 3.63) is 59.7 Å². The highest BCUT2D eigenvalue weighted by atomic mass is 32.1. The SMILES string of the molecule is CC(C)c1ccc(OCC(=O)Nc2ccccc2C(N)=S)cc1. The van der Waals surface area contributed by atoms with Crippen LogP contribution >= 0.6 is 12.2 Å². The van der Waals surface area contributed by atoms with E-state index in [1.54, 1.807) is 12.1 Å². The molecule has 2 rings (SSSR count). The largest absolute Gasteiger partial charge is 0.484 e. The molecular weight excluding hydrogens is 308 g/mol. The minimum Gasteiger partial charge on any atom is -0.484 e. The average molecular weight is 328 g/mol. The molecule has 0 aliphatic heterocycles. The Morgan fingerprint density at radius 3 is 2.43 bits per heavy atom. The predicted octanol–water partition coefficient (Wildman–Crippen LogP) is 3.46. The van der Waals surface area contributed by atoms with Crippen LogP contribution in [-0.4, -0.2) is 17.5 Å². The molecule has 0 unspecified atom stereocenters. The molecule has 23 heavy (non-hydrogen) atoms. The monoisotopic (exact) mass is 328 g/mol. The zero-order chi connectivity index (χ0) is 16.8. The third kappa shape index (κ3) is 4.79. The molecule has 0 aliphatic carbocycles. The zero-order valence-corrected chi connectivity index (χ0v) is 14.0. The number of amides is 1. The summed E-state index contributed by atoms with van der Waals surface area (Å²) in [7, 11) is 0. The number of ether oxygens (including phenoxy) is 1. The number of rotatable bonds is 6. The topological polar surface area (TPSA) is 64.3 Å². The van der Waals surface area contributed by atoms with Crippen molar-refractivity contribution in [2.75, 3.05) is 11.9 Å². The van der Waals surface area contributed by atoms with Crippen molar-refractivity contribution < 1.29 is 9.53 Å². The van der Waals surface area contributed by atoms with E-state index in [9.17, 15) is 4.79 Å². The van der Waals surface area contributed by atoms with Gasteiger partial charge in [-0.25, -0.2) is 0 Å². The van der Waals surface area contributed by atoms with Crippen LogP contribution in [0.4, 0.5) is 5.69 Å². The van der Waals surface area contributed by atoms with Crippen LogP contribution in [0.3, 0.4) is 0 Å². The summed E-state index contributed by atoms with van der Waals surface area (Å²) >= 11 is 4.97. The summed E-state index contributed by atoms with van der Waals surface area (Å²) in [5.74, 6) is 0.859. The Morgan fingerprint density at radius 1 is 1.17 bits per heavy atom. The van der Waals surface area contributed by atoms with E-state index in [0.717, 1.165) is 0 Å². The molecular formula is C18H20N2O2S.